The van der Waals surface area contributed by atoms with Crippen molar-refractivity contribution >= 4 is 38.1 Å². The van der Waals surface area contributed by atoms with Crippen molar-refractivity contribution in [3.63, 3.8) is 0 Å². The quantitative estimate of drug-likeness (QED) is 0.548. The molecule has 2 aliphatic carbocycles. The standard InChI is InChI=1S/C18H22BP2/c1-11(2)21(12(3)4)16-10-8-14-6-5-13-7-9-15(20-19-21)18(16)17(13)14/h7-12H,5-6H2,1-4H3. The Balaban J connectivity index is 2.05. The van der Waals surface area contributed by atoms with Gasteiger partial charge in [-0.1, -0.05) is 12.1 Å². The van der Waals surface area contributed by atoms with Gasteiger partial charge in [0.2, 0.25) is 0 Å². The van der Waals surface area contributed by atoms with Crippen LogP contribution in [0.1, 0.15) is 50.8 Å². The average molecular weight is 311 g/mol. The molecule has 1 aromatic rings. The maximum atomic E-state index is 2.69. The highest BCUT2D eigenvalue weighted by Gasteiger charge is 2.42. The molecule has 0 amide bonds. The van der Waals surface area contributed by atoms with E-state index in [9.17, 15) is 0 Å². The Hall–Kier alpha value is -0.375. The monoisotopic (exact) mass is 311 g/mol. The Bertz CT molecular complexity index is 675. The van der Waals surface area contributed by atoms with E-state index in [1.165, 1.54) is 20.9 Å². The predicted molar refractivity (Wildman–Crippen MR) is 101 cm³/mol. The van der Waals surface area contributed by atoms with Gasteiger partial charge in [0.1, 0.15) is 0 Å². The molecule has 0 nitrogen and oxygen atoms in total. The second-order valence-electron chi connectivity index (χ2n) is 7.00. The average Bonchev–Trinajstić information content (AvgIpc) is 2.89. The van der Waals surface area contributed by atoms with E-state index < -0.39 is 7.14 Å². The maximum absolute atomic E-state index is 2.69. The minimum atomic E-state index is -1.19. The van der Waals surface area contributed by atoms with Crippen LogP contribution in [0, 0.1) is 6.42 Å². The lowest BCUT2D eigenvalue weighted by molar-refractivity contribution is 1.01. The lowest BCUT2D eigenvalue weighted by Crippen LogP contribution is -2.36. The van der Waals surface area contributed by atoms with Crippen LogP contribution >= 0.6 is 15.2 Å². The molecular formula is C18H22BP2. The van der Waals surface area contributed by atoms with E-state index in [-0.39, 0.29) is 0 Å². The van der Waals surface area contributed by atoms with Gasteiger partial charge in [-0.15, -0.1) is 0 Å². The number of allylic oxidation sites excluding steroid dienone is 2. The highest BCUT2D eigenvalue weighted by atomic mass is 31.2. The van der Waals surface area contributed by atoms with Crippen molar-refractivity contribution < 1.29 is 0 Å². The third-order valence-electron chi connectivity index (χ3n) is 5.47. The topological polar surface area (TPSA) is 0 Å². The van der Waals surface area contributed by atoms with Crippen LogP contribution in [0.4, 0.5) is 0 Å². The second-order valence-corrected chi connectivity index (χ2v) is 12.9. The molecule has 1 aliphatic heterocycles. The fourth-order valence-electron chi connectivity index (χ4n) is 4.36. The van der Waals surface area contributed by atoms with Gasteiger partial charge in [0, 0.05) is 23.3 Å². The van der Waals surface area contributed by atoms with Crippen molar-refractivity contribution in [1.29, 1.82) is 0 Å². The van der Waals surface area contributed by atoms with Crippen molar-refractivity contribution in [3.05, 3.63) is 41.3 Å². The van der Waals surface area contributed by atoms with Crippen LogP contribution in [0.25, 0.3) is 5.57 Å². The van der Waals surface area contributed by atoms with Gasteiger partial charge in [0.15, 0.2) is 0 Å². The van der Waals surface area contributed by atoms with Crippen molar-refractivity contribution in [2.45, 2.75) is 51.9 Å². The summed E-state index contributed by atoms with van der Waals surface area (Å²) in [6.07, 6.45) is 7.26. The summed E-state index contributed by atoms with van der Waals surface area (Å²) < 4.78 is 0. The molecule has 4 rings (SSSR count). The number of hydrogen-bond donors (Lipinski definition) is 0. The van der Waals surface area contributed by atoms with Gasteiger partial charge in [-0.3, -0.25) is 0 Å². The van der Waals surface area contributed by atoms with Gasteiger partial charge in [-0.05, 0) is 75.3 Å². The zero-order valence-corrected chi connectivity index (χ0v) is 15.1. The molecule has 0 saturated heterocycles. The molecule has 0 N–H and O–H groups in total. The summed E-state index contributed by atoms with van der Waals surface area (Å²) in [4.78, 5) is 0. The lowest BCUT2D eigenvalue weighted by atomic mass is 9.91. The van der Waals surface area contributed by atoms with Crippen LogP contribution < -0.4 is 5.30 Å². The molecule has 0 saturated carbocycles. The molecule has 3 heteroatoms. The van der Waals surface area contributed by atoms with Crippen molar-refractivity contribution in [2.24, 2.45) is 0 Å². The van der Waals surface area contributed by atoms with Gasteiger partial charge < -0.3 is 8.08 Å². The summed E-state index contributed by atoms with van der Waals surface area (Å²) in [5.41, 5.74) is 7.94. The molecule has 3 radical (unpaired) electrons. The number of rotatable bonds is 2. The molecule has 0 unspecified atom stereocenters. The smallest absolute Gasteiger partial charge is 0.0543 e. The van der Waals surface area contributed by atoms with Gasteiger partial charge in [-0.2, -0.15) is 7.14 Å². The normalized spacial score (nSPS) is 22.2. The van der Waals surface area contributed by atoms with Gasteiger partial charge in [-0.25, -0.2) is 0 Å². The van der Waals surface area contributed by atoms with E-state index in [1.807, 2.05) is 0 Å². The molecule has 0 bridgehead atoms. The molecular weight excluding hydrogens is 289 g/mol. The molecule has 21 heavy (non-hydrogen) atoms. The predicted octanol–water partition coefficient (Wildman–Crippen LogP) is 4.71. The Labute approximate surface area is 131 Å². The molecule has 1 aromatic carbocycles. The van der Waals surface area contributed by atoms with Crippen LogP contribution in [-0.4, -0.2) is 23.3 Å². The summed E-state index contributed by atoms with van der Waals surface area (Å²) in [6.45, 7) is 12.4. The van der Waals surface area contributed by atoms with E-state index in [4.69, 9.17) is 0 Å². The molecule has 0 fully saturated rings. The van der Waals surface area contributed by atoms with Crippen molar-refractivity contribution in [1.82, 2.24) is 0 Å². The third-order valence-corrected chi connectivity index (χ3v) is 12.7. The maximum Gasteiger partial charge on any atom is 0.0543 e. The fourth-order valence-corrected chi connectivity index (χ4v) is 12.1. The van der Waals surface area contributed by atoms with Gasteiger partial charge in [0.05, 0.1) is 5.30 Å². The first kappa shape index (κ1) is 14.2. The van der Waals surface area contributed by atoms with E-state index in [0.717, 1.165) is 11.3 Å². The number of aryl methyl sites for hydroxylation is 1. The Morgan fingerprint density at radius 3 is 2.52 bits per heavy atom. The van der Waals surface area contributed by atoms with Crippen LogP contribution in [0.2, 0.25) is 0 Å². The molecule has 1 heterocycles. The molecule has 3 aliphatic rings. The first-order chi connectivity index (χ1) is 10.1. The zero-order valence-electron chi connectivity index (χ0n) is 13.4. The SMILES string of the molecule is CC(C)[P+]1(C(C)C)[B-]P=C2[CH]C=C3CCc4ccc1c2c43. The summed E-state index contributed by atoms with van der Waals surface area (Å²) in [7, 11) is 0.265. The molecule has 0 spiro atoms. The highest BCUT2D eigenvalue weighted by molar-refractivity contribution is 8.22. The summed E-state index contributed by atoms with van der Waals surface area (Å²) in [5.74, 6) is 0. The first-order valence-corrected chi connectivity index (χ1v) is 11.0. The summed E-state index contributed by atoms with van der Waals surface area (Å²) in [6, 6.07) is 4.93. The van der Waals surface area contributed by atoms with Crippen LogP contribution in [-0.2, 0) is 6.42 Å². The van der Waals surface area contributed by atoms with Crippen LogP contribution in [0.15, 0.2) is 18.2 Å². The second kappa shape index (κ2) is 4.81. The Morgan fingerprint density at radius 1 is 1.05 bits per heavy atom. The van der Waals surface area contributed by atoms with Gasteiger partial charge >= 0.3 is 0 Å². The van der Waals surface area contributed by atoms with E-state index in [0.29, 0.717) is 0 Å². The highest BCUT2D eigenvalue weighted by Crippen LogP contribution is 2.68. The largest absolute Gasteiger partial charge is 0.333 e. The van der Waals surface area contributed by atoms with Crippen LogP contribution in [0.3, 0.4) is 0 Å². The van der Waals surface area contributed by atoms with E-state index in [2.05, 4.69) is 59.0 Å². The fraction of sp³-hybridized carbons (Fsp3) is 0.444. The van der Waals surface area contributed by atoms with Crippen LogP contribution in [0.5, 0.6) is 0 Å². The Kier molecular flexibility index (Phi) is 3.26. The molecule has 107 valence electrons. The van der Waals surface area contributed by atoms with Crippen molar-refractivity contribution in [2.75, 3.05) is 0 Å². The third kappa shape index (κ3) is 1.77. The van der Waals surface area contributed by atoms with E-state index >= 15 is 0 Å². The zero-order chi connectivity index (χ0) is 14.8. The van der Waals surface area contributed by atoms with Crippen molar-refractivity contribution in [3.8, 4) is 0 Å². The minimum absolute atomic E-state index is 0.747. The first-order valence-electron chi connectivity index (χ1n) is 8.07. The van der Waals surface area contributed by atoms with E-state index in [1.54, 1.807) is 32.9 Å². The lowest BCUT2D eigenvalue weighted by Gasteiger charge is -2.49. The number of benzene rings is 1. The van der Waals surface area contributed by atoms with Gasteiger partial charge in [0.25, 0.3) is 0 Å². The Morgan fingerprint density at radius 2 is 1.81 bits per heavy atom. The molecule has 0 atom stereocenters. The summed E-state index contributed by atoms with van der Waals surface area (Å²) in [5, 5.41) is 3.24. The summed E-state index contributed by atoms with van der Waals surface area (Å²) >= 11 is 0. The minimum Gasteiger partial charge on any atom is -0.333 e. The molecule has 0 aromatic heterocycles. The number of hydrogen-bond acceptors (Lipinski definition) is 0.